The van der Waals surface area contributed by atoms with Crippen molar-refractivity contribution < 1.29 is 24.0 Å². The Hall–Kier alpha value is -3.42. The minimum Gasteiger partial charge on any atom is -0.497 e. The topological polar surface area (TPSA) is 99.0 Å². The molecule has 0 N–H and O–H groups in total. The molecule has 0 aromatic heterocycles. The molecule has 0 spiro atoms. The van der Waals surface area contributed by atoms with Gasteiger partial charge < -0.3 is 9.47 Å². The number of ether oxygens (including phenoxy) is 2. The highest BCUT2D eigenvalue weighted by atomic mass is 16.6. The third-order valence-electron chi connectivity index (χ3n) is 5.47. The van der Waals surface area contributed by atoms with Crippen LogP contribution in [0.2, 0.25) is 0 Å². The van der Waals surface area contributed by atoms with E-state index in [0.717, 1.165) is 4.90 Å². The number of fused-ring (bicyclic) bond motifs is 1. The quantitative estimate of drug-likeness (QED) is 0.522. The zero-order valence-electron chi connectivity index (χ0n) is 18.2. The molecule has 1 heterocycles. The van der Waals surface area contributed by atoms with Gasteiger partial charge >= 0.3 is 6.09 Å². The number of nitrogens with zero attached hydrogens (tertiary/aromatic N) is 2. The summed E-state index contributed by atoms with van der Waals surface area (Å²) < 4.78 is 10.6. The Balaban J connectivity index is 2.14. The van der Waals surface area contributed by atoms with E-state index in [1.54, 1.807) is 76.2 Å². The van der Waals surface area contributed by atoms with Crippen molar-refractivity contribution in [3.8, 4) is 5.75 Å². The van der Waals surface area contributed by atoms with Gasteiger partial charge in [-0.3, -0.25) is 14.9 Å². The zero-order valence-corrected chi connectivity index (χ0v) is 18.2. The van der Waals surface area contributed by atoms with Crippen LogP contribution in [0, 0.1) is 10.1 Å². The maximum atomic E-state index is 13.7. The minimum absolute atomic E-state index is 0.381. The van der Waals surface area contributed by atoms with Gasteiger partial charge in [-0.15, -0.1) is 0 Å². The van der Waals surface area contributed by atoms with Crippen LogP contribution in [-0.4, -0.2) is 36.2 Å². The molecular formula is C23H26N2O6. The fraction of sp³-hybridized carbons (Fsp3) is 0.391. The van der Waals surface area contributed by atoms with Gasteiger partial charge in [0.1, 0.15) is 11.4 Å². The van der Waals surface area contributed by atoms with E-state index in [-0.39, 0.29) is 0 Å². The monoisotopic (exact) mass is 426 g/mol. The highest BCUT2D eigenvalue weighted by Crippen LogP contribution is 2.50. The van der Waals surface area contributed by atoms with Crippen molar-refractivity contribution in [2.45, 2.75) is 44.6 Å². The Morgan fingerprint density at radius 2 is 1.77 bits per heavy atom. The summed E-state index contributed by atoms with van der Waals surface area (Å²) in [4.78, 5) is 38.8. The van der Waals surface area contributed by atoms with Crippen molar-refractivity contribution in [1.82, 2.24) is 0 Å². The predicted molar refractivity (Wildman–Crippen MR) is 115 cm³/mol. The van der Waals surface area contributed by atoms with Crippen molar-refractivity contribution in [1.29, 1.82) is 0 Å². The van der Waals surface area contributed by atoms with Crippen molar-refractivity contribution in [3.05, 3.63) is 69.8 Å². The van der Waals surface area contributed by atoms with E-state index in [2.05, 4.69) is 0 Å². The molecule has 164 valence electrons. The molecule has 0 fully saturated rings. The van der Waals surface area contributed by atoms with E-state index in [1.807, 2.05) is 0 Å². The number of hydrogen-bond donors (Lipinski definition) is 0. The fourth-order valence-electron chi connectivity index (χ4n) is 4.00. The summed E-state index contributed by atoms with van der Waals surface area (Å²) >= 11 is 0. The lowest BCUT2D eigenvalue weighted by Crippen LogP contribution is -2.47. The summed E-state index contributed by atoms with van der Waals surface area (Å²) in [7, 11) is 1.53. The van der Waals surface area contributed by atoms with Gasteiger partial charge in [-0.2, -0.15) is 0 Å². The van der Waals surface area contributed by atoms with Gasteiger partial charge in [0.15, 0.2) is 0 Å². The number of rotatable bonds is 5. The van der Waals surface area contributed by atoms with Crippen LogP contribution in [0.4, 0.5) is 10.5 Å². The second-order valence-electron chi connectivity index (χ2n) is 8.68. The van der Waals surface area contributed by atoms with Crippen molar-refractivity contribution >= 4 is 17.7 Å². The van der Waals surface area contributed by atoms with Crippen LogP contribution in [0.3, 0.4) is 0 Å². The molecule has 2 aromatic rings. The largest absolute Gasteiger partial charge is 0.497 e. The smallest absolute Gasteiger partial charge is 0.421 e. The van der Waals surface area contributed by atoms with Gasteiger partial charge in [0.2, 0.25) is 12.5 Å². The van der Waals surface area contributed by atoms with Crippen molar-refractivity contribution in [2.75, 3.05) is 18.6 Å². The third-order valence-corrected chi connectivity index (χ3v) is 5.47. The van der Waals surface area contributed by atoms with Crippen LogP contribution < -0.4 is 9.64 Å². The molecule has 0 saturated heterocycles. The van der Waals surface area contributed by atoms with Crippen LogP contribution in [0.1, 0.15) is 44.7 Å². The van der Waals surface area contributed by atoms with Crippen LogP contribution >= 0.6 is 0 Å². The average molecular weight is 426 g/mol. The van der Waals surface area contributed by atoms with E-state index in [4.69, 9.17) is 9.47 Å². The Morgan fingerprint density at radius 3 is 2.32 bits per heavy atom. The summed E-state index contributed by atoms with van der Waals surface area (Å²) in [6, 6.07) is 13.7. The standard InChI is InChI=1S/C23H26N2O6/c1-22(2,3)31-21(27)25-19-9-7-6-8-17(19)23(4,20(25)26)18(14-24(28)29)15-10-12-16(30-5)13-11-15/h6-13,18H,14H2,1-5H3/t18-,23-/m0/s1. The zero-order chi connectivity index (χ0) is 23.0. The molecule has 0 saturated carbocycles. The molecule has 0 aliphatic carbocycles. The van der Waals surface area contributed by atoms with Gasteiger partial charge in [-0.05, 0) is 57.0 Å². The van der Waals surface area contributed by atoms with E-state index in [1.165, 1.54) is 7.11 Å². The molecular weight excluding hydrogens is 400 g/mol. The first-order valence-corrected chi connectivity index (χ1v) is 9.92. The fourth-order valence-corrected chi connectivity index (χ4v) is 4.00. The predicted octanol–water partition coefficient (Wildman–Crippen LogP) is 4.30. The third kappa shape index (κ3) is 4.10. The highest BCUT2D eigenvalue weighted by molar-refractivity contribution is 6.21. The highest BCUT2D eigenvalue weighted by Gasteiger charge is 2.56. The molecule has 2 amide bonds. The number of nitro groups is 1. The normalized spacial score (nSPS) is 19.0. The number of carbonyl (C=O) groups excluding carboxylic acids is 2. The summed E-state index contributed by atoms with van der Waals surface area (Å²) in [5.41, 5.74) is -0.606. The summed E-state index contributed by atoms with van der Waals surface area (Å²) in [5, 5.41) is 11.6. The lowest BCUT2D eigenvalue weighted by Gasteiger charge is -2.31. The molecule has 3 rings (SSSR count). The summed E-state index contributed by atoms with van der Waals surface area (Å²) in [6.45, 7) is 6.30. The van der Waals surface area contributed by atoms with E-state index in [0.29, 0.717) is 22.6 Å². The molecule has 0 bridgehead atoms. The van der Waals surface area contributed by atoms with Gasteiger partial charge in [-0.1, -0.05) is 30.3 Å². The van der Waals surface area contributed by atoms with Crippen LogP contribution in [0.15, 0.2) is 48.5 Å². The minimum atomic E-state index is -1.34. The number of para-hydroxylation sites is 1. The van der Waals surface area contributed by atoms with E-state index < -0.39 is 40.4 Å². The van der Waals surface area contributed by atoms with E-state index in [9.17, 15) is 19.7 Å². The second kappa shape index (κ2) is 8.02. The first-order valence-electron chi connectivity index (χ1n) is 9.92. The SMILES string of the molecule is COc1ccc([C@H](C[N+](=O)[O-])[C@@]2(C)C(=O)N(C(=O)OC(C)(C)C)c3ccccc32)cc1. The lowest BCUT2D eigenvalue weighted by molar-refractivity contribution is -0.484. The van der Waals surface area contributed by atoms with Crippen molar-refractivity contribution in [2.24, 2.45) is 0 Å². The summed E-state index contributed by atoms with van der Waals surface area (Å²) in [6.07, 6.45) is -0.803. The summed E-state index contributed by atoms with van der Waals surface area (Å²) in [5.74, 6) is -0.762. The van der Waals surface area contributed by atoms with Crippen LogP contribution in [-0.2, 0) is 14.9 Å². The molecule has 0 radical (unpaired) electrons. The Bertz CT molecular complexity index is 1010. The first-order chi connectivity index (χ1) is 14.5. The maximum Gasteiger partial charge on any atom is 0.421 e. The number of benzene rings is 2. The van der Waals surface area contributed by atoms with Gasteiger partial charge in [0, 0.05) is 4.92 Å². The van der Waals surface area contributed by atoms with Gasteiger partial charge in [0.05, 0.1) is 24.1 Å². The van der Waals surface area contributed by atoms with Crippen molar-refractivity contribution in [3.63, 3.8) is 0 Å². The maximum absolute atomic E-state index is 13.7. The number of imide groups is 1. The molecule has 1 aliphatic heterocycles. The molecule has 31 heavy (non-hydrogen) atoms. The van der Waals surface area contributed by atoms with Crippen LogP contribution in [0.5, 0.6) is 5.75 Å². The molecule has 1 aliphatic rings. The van der Waals surface area contributed by atoms with Gasteiger partial charge in [-0.25, -0.2) is 9.69 Å². The average Bonchev–Trinajstić information content (AvgIpc) is 2.93. The Morgan fingerprint density at radius 1 is 1.16 bits per heavy atom. The number of amides is 2. The first kappa shape index (κ1) is 22.3. The lowest BCUT2D eigenvalue weighted by atomic mass is 9.69. The molecule has 0 unspecified atom stereocenters. The molecule has 2 aromatic carbocycles. The van der Waals surface area contributed by atoms with Gasteiger partial charge in [0.25, 0.3) is 0 Å². The van der Waals surface area contributed by atoms with E-state index >= 15 is 0 Å². The molecule has 8 nitrogen and oxygen atoms in total. The second-order valence-corrected chi connectivity index (χ2v) is 8.68. The van der Waals surface area contributed by atoms with Crippen LogP contribution in [0.25, 0.3) is 0 Å². The number of anilines is 1. The number of carbonyl (C=O) groups is 2. The Kier molecular flexibility index (Phi) is 5.76. The molecule has 2 atom stereocenters. The number of methoxy groups -OCH3 is 1. The molecule has 8 heteroatoms. The Labute approximate surface area is 180 Å². The number of hydrogen-bond acceptors (Lipinski definition) is 6.